The van der Waals surface area contributed by atoms with Gasteiger partial charge >= 0.3 is 15.6 Å². The van der Waals surface area contributed by atoms with Crippen molar-refractivity contribution in [1.29, 1.82) is 0 Å². The number of hydrogen-bond donors (Lipinski definition) is 2. The minimum Gasteiger partial charge on any atom is -0.496 e. The molecule has 0 aromatic rings. The van der Waals surface area contributed by atoms with Gasteiger partial charge in [-0.15, -0.1) is 0 Å². The predicted octanol–water partition coefficient (Wildman–Crippen LogP) is 14.3. The molecule has 0 aromatic carbocycles. The van der Waals surface area contributed by atoms with Crippen LogP contribution in [0, 0.1) is 0 Å². The molecule has 0 rings (SSSR count). The van der Waals surface area contributed by atoms with Crippen molar-refractivity contribution in [3.8, 4) is 0 Å². The fourth-order valence-corrected chi connectivity index (χ4v) is 7.49. The van der Waals surface area contributed by atoms with Gasteiger partial charge in [0.2, 0.25) is 0 Å². The second kappa shape index (κ2) is 29.9. The van der Waals surface area contributed by atoms with Gasteiger partial charge in [0.1, 0.15) is 24.7 Å². The van der Waals surface area contributed by atoms with E-state index in [-0.39, 0.29) is 13.2 Å². The van der Waals surface area contributed by atoms with Crippen molar-refractivity contribution in [3.05, 3.63) is 92.6 Å². The van der Waals surface area contributed by atoms with E-state index < -0.39 is 15.6 Å². The Morgan fingerprint density at radius 1 is 0.473 bits per heavy atom. The van der Waals surface area contributed by atoms with Crippen molar-refractivity contribution in [1.82, 2.24) is 0 Å². The van der Waals surface area contributed by atoms with Crippen molar-refractivity contribution < 1.29 is 41.7 Å². The van der Waals surface area contributed by atoms with Crippen molar-refractivity contribution in [3.63, 3.8) is 0 Å². The summed E-state index contributed by atoms with van der Waals surface area (Å²) in [5, 5.41) is 0. The third kappa shape index (κ3) is 29.7. The molecule has 316 valence electrons. The number of ether oxygens (including phenoxy) is 2. The molecule has 0 atom stereocenters. The Morgan fingerprint density at radius 2 is 0.764 bits per heavy atom. The fraction of sp³-hybridized carbons (Fsp3) is 0.636. The van der Waals surface area contributed by atoms with Crippen molar-refractivity contribution in [2.45, 2.75) is 160 Å². The highest BCUT2D eigenvalue weighted by Crippen LogP contribution is 2.61. The van der Waals surface area contributed by atoms with E-state index >= 15 is 0 Å². The molecule has 55 heavy (non-hydrogen) atoms. The van der Waals surface area contributed by atoms with Crippen LogP contribution in [-0.2, 0) is 32.0 Å². The van der Waals surface area contributed by atoms with Gasteiger partial charge < -0.3 is 19.3 Å². The maximum absolute atomic E-state index is 13.6. The van der Waals surface area contributed by atoms with Crippen LogP contribution < -0.4 is 0 Å². The van der Waals surface area contributed by atoms with Crippen molar-refractivity contribution in [2.75, 3.05) is 26.4 Å². The second-order valence-electron chi connectivity index (χ2n) is 14.8. The quantitative estimate of drug-likeness (QED) is 0.0415. The molecule has 0 aliphatic heterocycles. The summed E-state index contributed by atoms with van der Waals surface area (Å²) in [6.07, 6.45) is 24.7. The molecule has 0 spiro atoms. The summed E-state index contributed by atoms with van der Waals surface area (Å²) < 4.78 is 52.7. The molecule has 0 saturated heterocycles. The Morgan fingerprint density at radius 3 is 1.04 bits per heavy atom. The summed E-state index contributed by atoms with van der Waals surface area (Å²) in [6, 6.07) is 0. The van der Waals surface area contributed by atoms with E-state index in [2.05, 4.69) is 96.2 Å². The first-order valence-corrected chi connectivity index (χ1v) is 23.0. The van der Waals surface area contributed by atoms with E-state index in [0.717, 1.165) is 75.4 Å². The average molecular weight is 811 g/mol. The number of phosphoric acid groups is 2. The van der Waals surface area contributed by atoms with Crippen LogP contribution in [0.3, 0.4) is 0 Å². The summed E-state index contributed by atoms with van der Waals surface area (Å²) >= 11 is 0. The summed E-state index contributed by atoms with van der Waals surface area (Å²) in [7, 11) is -10.0. The molecule has 0 aromatic heterocycles. The Bertz CT molecular complexity index is 1380. The summed E-state index contributed by atoms with van der Waals surface area (Å²) in [5.41, 5.74) is 9.84. The van der Waals surface area contributed by atoms with Crippen LogP contribution >= 0.6 is 15.6 Å². The van der Waals surface area contributed by atoms with Gasteiger partial charge in [-0.3, -0.25) is 9.05 Å². The van der Waals surface area contributed by atoms with Crippen LogP contribution in [-0.4, -0.2) is 36.2 Å². The molecular formula is C44H76O9P2. The Balaban J connectivity index is 5.50. The second-order valence-corrected chi connectivity index (χ2v) is 17.9. The maximum atomic E-state index is 13.6. The zero-order valence-electron chi connectivity index (χ0n) is 36.4. The first-order chi connectivity index (χ1) is 25.8. The van der Waals surface area contributed by atoms with Gasteiger partial charge in [0.15, 0.2) is 0 Å². The van der Waals surface area contributed by atoms with Crippen LogP contribution in [0.5, 0.6) is 0 Å². The zero-order chi connectivity index (χ0) is 41.9. The molecule has 9 nitrogen and oxygen atoms in total. The van der Waals surface area contributed by atoms with Crippen molar-refractivity contribution in [2.24, 2.45) is 0 Å². The molecule has 0 heterocycles. The number of rotatable bonds is 30. The lowest BCUT2D eigenvalue weighted by Crippen LogP contribution is -2.10. The standard InChI is InChI=1S/C44H76O9P2/c1-13-49-43(41(11)31-19-29-39(9)27-17-25-37(7)23-15-21-35(3)4)33-51-55(48,53-54(45,46)47)52-34-44(50-14-2)42(12)32-20-30-40(10)28-18-26-38(8)24-16-22-36(5)6/h21-22,25-26,29-30H,13-20,23-24,27-28,31-34H2,1-12H3,(H2,45,46,47)/b37-25+,38-26+,39-29+,40-30+,43-41-,44-42-. The highest BCUT2D eigenvalue weighted by Gasteiger charge is 2.37. The summed E-state index contributed by atoms with van der Waals surface area (Å²) in [4.78, 5) is 19.2. The molecule has 0 unspecified atom stereocenters. The molecule has 0 aliphatic carbocycles. The van der Waals surface area contributed by atoms with E-state index in [4.69, 9.17) is 18.5 Å². The van der Waals surface area contributed by atoms with Gasteiger partial charge in [0.25, 0.3) is 0 Å². The molecule has 0 aliphatic rings. The maximum Gasteiger partial charge on any atom is 0.484 e. The average Bonchev–Trinajstić information content (AvgIpc) is 3.07. The van der Waals surface area contributed by atoms with Crippen LogP contribution in [0.4, 0.5) is 0 Å². The van der Waals surface area contributed by atoms with Crippen LogP contribution in [0.25, 0.3) is 0 Å². The third-order valence-corrected chi connectivity index (χ3v) is 11.3. The Kier molecular flexibility index (Phi) is 28.7. The first-order valence-electron chi connectivity index (χ1n) is 20.0. The predicted molar refractivity (Wildman–Crippen MR) is 231 cm³/mol. The third-order valence-electron chi connectivity index (χ3n) is 8.77. The number of hydrogen-bond acceptors (Lipinski definition) is 7. The van der Waals surface area contributed by atoms with Crippen LogP contribution in [0.2, 0.25) is 0 Å². The molecule has 0 saturated carbocycles. The molecule has 0 radical (unpaired) electrons. The van der Waals surface area contributed by atoms with Gasteiger partial charge in [-0.25, -0.2) is 9.13 Å². The van der Waals surface area contributed by atoms with Gasteiger partial charge in [-0.05, 0) is 171 Å². The summed E-state index contributed by atoms with van der Waals surface area (Å²) in [5.74, 6) is 0.824. The SMILES string of the molecule is CCO/C(COP(=O)(OC/C(OCC)=C(\C)CC/C=C(\C)CC/C=C(\C)CCC=C(C)C)OP(=O)(O)O)=C(/C)CC/C=C(\C)CC/C=C(\C)CCC=C(C)C. The van der Waals surface area contributed by atoms with Crippen LogP contribution in [0.15, 0.2) is 92.6 Å². The monoisotopic (exact) mass is 810 g/mol. The normalized spacial score (nSPS) is 15.2. The highest BCUT2D eigenvalue weighted by atomic mass is 31.3. The van der Waals surface area contributed by atoms with E-state index in [1.54, 1.807) is 0 Å². The fourth-order valence-electron chi connectivity index (χ4n) is 5.44. The van der Waals surface area contributed by atoms with E-state index in [1.807, 2.05) is 27.7 Å². The van der Waals surface area contributed by atoms with E-state index in [1.165, 1.54) is 33.4 Å². The van der Waals surface area contributed by atoms with Gasteiger partial charge in [0.05, 0.1) is 13.2 Å². The number of allylic oxidation sites excluding steroid dienone is 14. The van der Waals surface area contributed by atoms with Crippen molar-refractivity contribution >= 4 is 15.6 Å². The minimum atomic E-state index is -5.25. The molecule has 0 amide bonds. The first kappa shape index (κ1) is 52.8. The minimum absolute atomic E-state index is 0.325. The smallest absolute Gasteiger partial charge is 0.484 e. The lowest BCUT2D eigenvalue weighted by atomic mass is 10.0. The Hall–Kier alpha value is -2.22. The Labute approximate surface area is 335 Å². The van der Waals surface area contributed by atoms with Gasteiger partial charge in [-0.1, -0.05) is 69.9 Å². The van der Waals surface area contributed by atoms with Gasteiger partial charge in [0, 0.05) is 0 Å². The van der Waals surface area contributed by atoms with Crippen LogP contribution in [0.1, 0.15) is 160 Å². The highest BCUT2D eigenvalue weighted by molar-refractivity contribution is 7.61. The molecular weight excluding hydrogens is 734 g/mol. The molecule has 0 fully saturated rings. The summed E-state index contributed by atoms with van der Waals surface area (Å²) in [6.45, 7) is 24.5. The largest absolute Gasteiger partial charge is 0.496 e. The van der Waals surface area contributed by atoms with Gasteiger partial charge in [-0.2, -0.15) is 4.31 Å². The zero-order valence-corrected chi connectivity index (χ0v) is 38.2. The topological polar surface area (TPSA) is 121 Å². The van der Waals surface area contributed by atoms with E-state index in [9.17, 15) is 18.9 Å². The molecule has 2 N–H and O–H groups in total. The molecule has 0 bridgehead atoms. The van der Waals surface area contributed by atoms with E-state index in [0.29, 0.717) is 37.6 Å². The lowest BCUT2D eigenvalue weighted by Gasteiger charge is -2.21. The lowest BCUT2D eigenvalue weighted by molar-refractivity contribution is 0.107. The number of phosphoric ester groups is 1. The molecule has 11 heteroatoms.